The summed E-state index contributed by atoms with van der Waals surface area (Å²) in [5, 5.41) is 5.10. The van der Waals surface area contributed by atoms with Crippen LogP contribution in [0.1, 0.15) is 12.8 Å². The van der Waals surface area contributed by atoms with Crippen molar-refractivity contribution >= 4 is 46.4 Å². The van der Waals surface area contributed by atoms with Crippen molar-refractivity contribution in [2.24, 2.45) is 16.9 Å². The zero-order chi connectivity index (χ0) is 15.7. The number of hydrogen-bond donors (Lipinski definition) is 1. The fourth-order valence-corrected chi connectivity index (χ4v) is 3.18. The lowest BCUT2D eigenvalue weighted by atomic mass is 9.74. The molecule has 0 bridgehead atoms. The van der Waals surface area contributed by atoms with Gasteiger partial charge in [0.2, 0.25) is 0 Å². The number of benzene rings is 1. The van der Waals surface area contributed by atoms with Gasteiger partial charge in [0, 0.05) is 17.7 Å². The Morgan fingerprint density at radius 2 is 2.05 bits per heavy atom. The monoisotopic (exact) mass is 358 g/mol. The zero-order valence-electron chi connectivity index (χ0n) is 11.5. The zero-order valence-corrected chi connectivity index (χ0v) is 13.8. The highest BCUT2D eigenvalue weighted by atomic mass is 35.5. The molecule has 1 N–H and O–H groups in total. The minimum atomic E-state index is -0.343. The van der Waals surface area contributed by atoms with Crippen molar-refractivity contribution in [3.8, 4) is 5.75 Å². The number of nitrogens with one attached hydrogen (secondary N) is 1. The molecule has 0 unspecified atom stereocenters. The Bertz CT molecular complexity index is 673. The highest BCUT2D eigenvalue weighted by Crippen LogP contribution is 2.40. The predicted molar refractivity (Wildman–Crippen MR) is 87.9 cm³/mol. The summed E-state index contributed by atoms with van der Waals surface area (Å²) in [5.74, 6) is 1.03. The smallest absolute Gasteiger partial charge is 0.277 e. The molecule has 1 saturated carbocycles. The quantitative estimate of drug-likeness (QED) is 0.500. The number of ether oxygens (including phenoxy) is 1. The summed E-state index contributed by atoms with van der Waals surface area (Å²) in [6, 6.07) is 2.95. The fourth-order valence-electron chi connectivity index (χ4n) is 2.59. The average molecular weight is 360 g/mol. The first-order valence-corrected chi connectivity index (χ1v) is 7.97. The molecule has 0 aliphatic heterocycles. The number of carbonyl (C=O) groups excluding carboxylic acids is 1. The first-order chi connectivity index (χ1) is 10.5. The van der Waals surface area contributed by atoms with Gasteiger partial charge in [-0.2, -0.15) is 5.10 Å². The van der Waals surface area contributed by atoms with Crippen LogP contribution in [0.4, 0.5) is 0 Å². The molecule has 116 valence electrons. The predicted octanol–water partition coefficient (Wildman–Crippen LogP) is 4.09. The Kier molecular flexibility index (Phi) is 4.62. The second-order valence-corrected chi connectivity index (χ2v) is 6.48. The van der Waals surface area contributed by atoms with E-state index >= 15 is 0 Å². The first kappa shape index (κ1) is 15.7. The molecule has 0 spiro atoms. The summed E-state index contributed by atoms with van der Waals surface area (Å²) >= 11 is 17.7. The van der Waals surface area contributed by atoms with E-state index in [9.17, 15) is 4.79 Å². The molecule has 0 aromatic heterocycles. The van der Waals surface area contributed by atoms with Crippen LogP contribution in [-0.4, -0.2) is 18.2 Å². The number of nitrogens with zero attached hydrogens (tertiary/aromatic N) is 1. The van der Waals surface area contributed by atoms with E-state index in [0.29, 0.717) is 32.7 Å². The highest BCUT2D eigenvalue weighted by Gasteiger charge is 2.37. The van der Waals surface area contributed by atoms with E-state index in [1.165, 1.54) is 12.1 Å². The number of fused-ring (bicyclic) bond motifs is 1. The van der Waals surface area contributed by atoms with Crippen LogP contribution in [0.5, 0.6) is 5.75 Å². The van der Waals surface area contributed by atoms with Gasteiger partial charge >= 0.3 is 0 Å². The normalized spacial score (nSPS) is 24.0. The van der Waals surface area contributed by atoms with Crippen molar-refractivity contribution in [3.63, 3.8) is 0 Å². The summed E-state index contributed by atoms with van der Waals surface area (Å²) in [6.07, 6.45) is 6.30. The molecule has 1 amide bonds. The van der Waals surface area contributed by atoms with Crippen molar-refractivity contribution in [2.75, 3.05) is 6.61 Å². The van der Waals surface area contributed by atoms with E-state index in [0.717, 1.165) is 18.6 Å². The number of halogens is 3. The molecule has 2 aliphatic carbocycles. The SMILES string of the molecule is O=C(COc1cc(Cl)c(Cl)cc1Cl)N/N=C1\C[C@H]2C=CC[C@H]12. The van der Waals surface area contributed by atoms with Gasteiger partial charge in [-0.1, -0.05) is 47.0 Å². The van der Waals surface area contributed by atoms with Gasteiger partial charge in [0.1, 0.15) is 5.75 Å². The number of hydrazone groups is 1. The minimum Gasteiger partial charge on any atom is -0.482 e. The standard InChI is InChI=1S/C15H13Cl3N2O2/c16-10-5-12(18)14(6-11(10)17)22-7-15(21)20-19-13-4-8-2-1-3-9(8)13/h1-2,5-6,8-9H,3-4,7H2,(H,20,21)/b19-13+/t8-,9+/m1/s1. The third-order valence-electron chi connectivity index (χ3n) is 3.82. The molecule has 22 heavy (non-hydrogen) atoms. The Hall–Kier alpha value is -1.23. The second kappa shape index (κ2) is 6.49. The van der Waals surface area contributed by atoms with Gasteiger partial charge in [0.15, 0.2) is 6.61 Å². The van der Waals surface area contributed by atoms with Crippen molar-refractivity contribution in [3.05, 3.63) is 39.4 Å². The average Bonchev–Trinajstić information content (AvgIpc) is 2.83. The third-order valence-corrected chi connectivity index (χ3v) is 4.84. The molecular weight excluding hydrogens is 347 g/mol. The van der Waals surface area contributed by atoms with Gasteiger partial charge in [-0.15, -0.1) is 0 Å². The maximum atomic E-state index is 11.8. The lowest BCUT2D eigenvalue weighted by Gasteiger charge is -2.31. The van der Waals surface area contributed by atoms with Crippen molar-refractivity contribution in [1.82, 2.24) is 5.43 Å². The summed E-state index contributed by atoms with van der Waals surface area (Å²) < 4.78 is 5.34. The lowest BCUT2D eigenvalue weighted by molar-refractivity contribution is -0.123. The van der Waals surface area contributed by atoms with E-state index in [2.05, 4.69) is 22.7 Å². The van der Waals surface area contributed by atoms with Crippen LogP contribution in [0.25, 0.3) is 0 Å². The maximum absolute atomic E-state index is 11.8. The van der Waals surface area contributed by atoms with Crippen LogP contribution >= 0.6 is 34.8 Å². The van der Waals surface area contributed by atoms with Crippen molar-refractivity contribution in [1.29, 1.82) is 0 Å². The van der Waals surface area contributed by atoms with Gasteiger partial charge in [-0.05, 0) is 24.8 Å². The fraction of sp³-hybridized carbons (Fsp3) is 0.333. The van der Waals surface area contributed by atoms with Gasteiger partial charge < -0.3 is 4.74 Å². The number of rotatable bonds is 4. The van der Waals surface area contributed by atoms with Crippen molar-refractivity contribution in [2.45, 2.75) is 12.8 Å². The molecule has 0 radical (unpaired) electrons. The topological polar surface area (TPSA) is 50.7 Å². The van der Waals surface area contributed by atoms with Gasteiger partial charge in [0.05, 0.1) is 15.1 Å². The Morgan fingerprint density at radius 3 is 2.82 bits per heavy atom. The van der Waals surface area contributed by atoms with Crippen LogP contribution in [0, 0.1) is 11.8 Å². The summed E-state index contributed by atoms with van der Waals surface area (Å²) in [4.78, 5) is 11.8. The van der Waals surface area contributed by atoms with E-state index < -0.39 is 0 Å². The van der Waals surface area contributed by atoms with Gasteiger partial charge in [0.25, 0.3) is 5.91 Å². The van der Waals surface area contributed by atoms with Gasteiger partial charge in [-0.25, -0.2) is 5.43 Å². The number of allylic oxidation sites excluding steroid dienone is 2. The summed E-state index contributed by atoms with van der Waals surface area (Å²) in [7, 11) is 0. The molecule has 0 heterocycles. The number of carbonyl (C=O) groups is 1. The van der Waals surface area contributed by atoms with Crippen LogP contribution in [0.15, 0.2) is 29.4 Å². The molecule has 1 aromatic carbocycles. The molecule has 0 saturated heterocycles. The van der Waals surface area contributed by atoms with E-state index in [1.54, 1.807) is 0 Å². The molecule has 4 nitrogen and oxygen atoms in total. The molecule has 1 aromatic rings. The summed E-state index contributed by atoms with van der Waals surface area (Å²) in [5.41, 5.74) is 3.54. The molecule has 2 aliphatic rings. The van der Waals surface area contributed by atoms with Crippen LogP contribution < -0.4 is 10.2 Å². The van der Waals surface area contributed by atoms with Gasteiger partial charge in [-0.3, -0.25) is 4.79 Å². The second-order valence-electron chi connectivity index (χ2n) is 5.26. The highest BCUT2D eigenvalue weighted by molar-refractivity contribution is 6.43. The lowest BCUT2D eigenvalue weighted by Crippen LogP contribution is -2.36. The Morgan fingerprint density at radius 1 is 1.27 bits per heavy atom. The van der Waals surface area contributed by atoms with E-state index in [1.807, 2.05) is 0 Å². The van der Waals surface area contributed by atoms with E-state index in [-0.39, 0.29) is 12.5 Å². The molecule has 7 heteroatoms. The van der Waals surface area contributed by atoms with Crippen LogP contribution in [0.3, 0.4) is 0 Å². The largest absolute Gasteiger partial charge is 0.482 e. The molecular formula is C15H13Cl3N2O2. The maximum Gasteiger partial charge on any atom is 0.277 e. The Labute approximate surface area is 143 Å². The van der Waals surface area contributed by atoms with Crippen LogP contribution in [-0.2, 0) is 4.79 Å². The molecule has 2 atom stereocenters. The minimum absolute atomic E-state index is 0.194. The van der Waals surface area contributed by atoms with E-state index in [4.69, 9.17) is 39.5 Å². The van der Waals surface area contributed by atoms with Crippen molar-refractivity contribution < 1.29 is 9.53 Å². The molecule has 1 fully saturated rings. The van der Waals surface area contributed by atoms with Crippen LogP contribution in [0.2, 0.25) is 15.1 Å². The number of hydrogen-bond acceptors (Lipinski definition) is 3. The summed E-state index contributed by atoms with van der Waals surface area (Å²) in [6.45, 7) is -0.194. The Balaban J connectivity index is 1.51. The first-order valence-electron chi connectivity index (χ1n) is 6.84. The third kappa shape index (κ3) is 3.24. The number of amides is 1. The molecule has 3 rings (SSSR count).